The van der Waals surface area contributed by atoms with Crippen molar-refractivity contribution >= 4 is 46.4 Å². The fourth-order valence-electron chi connectivity index (χ4n) is 3.94. The number of hydrogen-bond acceptors (Lipinski definition) is 3. The van der Waals surface area contributed by atoms with Gasteiger partial charge >= 0.3 is 0 Å². The maximum absolute atomic E-state index is 13.1. The summed E-state index contributed by atoms with van der Waals surface area (Å²) in [5.74, 6) is -0.709. The van der Waals surface area contributed by atoms with Gasteiger partial charge in [-0.15, -0.1) is 0 Å². The van der Waals surface area contributed by atoms with Gasteiger partial charge in [-0.2, -0.15) is 0 Å². The van der Waals surface area contributed by atoms with Gasteiger partial charge in [0, 0.05) is 15.7 Å². The molecule has 2 amide bonds. The first-order valence-electron chi connectivity index (χ1n) is 9.10. The molecule has 5 nitrogen and oxygen atoms in total. The molecule has 2 aromatic rings. The van der Waals surface area contributed by atoms with Crippen LogP contribution in [0.4, 0.5) is 15.8 Å². The van der Waals surface area contributed by atoms with E-state index in [2.05, 4.69) is 4.90 Å². The third-order valence-corrected chi connectivity index (χ3v) is 5.78. The van der Waals surface area contributed by atoms with Gasteiger partial charge < -0.3 is 9.80 Å². The minimum atomic E-state index is -0.402. The molecule has 1 N–H and O–H groups in total. The number of piperazine rings is 1. The molecular weight excluding hydrogens is 404 g/mol. The summed E-state index contributed by atoms with van der Waals surface area (Å²) in [7, 11) is 0. The second kappa shape index (κ2) is 7.70. The van der Waals surface area contributed by atoms with Gasteiger partial charge in [-0.05, 0) is 42.5 Å². The Labute approximate surface area is 172 Å². The minimum Gasteiger partial charge on any atom is -0.360 e. The standard InChI is InChI=1S/C20H18Cl2FN3O2/c21-13-9-14(22)11-17(10-13)26-19(27)12-18(20(26)28)25-7-5-24(6-8-25)16-3-1-15(23)2-4-16/h1-4,9-11,18H,5-8,12H2/p+1/t18-/m0/s1. The number of quaternary nitrogens is 1. The number of rotatable bonds is 3. The van der Waals surface area contributed by atoms with E-state index in [1.54, 1.807) is 30.3 Å². The number of halogens is 3. The van der Waals surface area contributed by atoms with E-state index >= 15 is 0 Å². The fourth-order valence-corrected chi connectivity index (χ4v) is 4.46. The van der Waals surface area contributed by atoms with Crippen LogP contribution in [0, 0.1) is 5.82 Å². The molecule has 0 bridgehead atoms. The molecule has 2 heterocycles. The SMILES string of the molecule is O=C1C[C@H]([NH+]2CCN(c3ccc(F)cc3)CC2)C(=O)N1c1cc(Cl)cc(Cl)c1. The van der Waals surface area contributed by atoms with Crippen molar-refractivity contribution in [2.75, 3.05) is 36.0 Å². The minimum absolute atomic E-state index is 0.175. The summed E-state index contributed by atoms with van der Waals surface area (Å²) in [5, 5.41) is 0.763. The Hall–Kier alpha value is -2.15. The van der Waals surface area contributed by atoms with E-state index in [4.69, 9.17) is 23.2 Å². The molecule has 146 valence electrons. The van der Waals surface area contributed by atoms with Crippen molar-refractivity contribution in [2.24, 2.45) is 0 Å². The van der Waals surface area contributed by atoms with E-state index < -0.39 is 6.04 Å². The zero-order valence-corrected chi connectivity index (χ0v) is 16.5. The Bertz CT molecular complexity index is 894. The summed E-state index contributed by atoms with van der Waals surface area (Å²) in [5.41, 5.74) is 1.38. The number of benzene rings is 2. The molecule has 0 aliphatic carbocycles. The van der Waals surface area contributed by atoms with Gasteiger partial charge in [0.25, 0.3) is 5.91 Å². The molecular formula is C20H19Cl2FN3O2+. The fraction of sp³-hybridized carbons (Fsp3) is 0.300. The van der Waals surface area contributed by atoms with Crippen LogP contribution in [0.2, 0.25) is 10.0 Å². The van der Waals surface area contributed by atoms with Crippen LogP contribution < -0.4 is 14.7 Å². The first-order chi connectivity index (χ1) is 13.4. The van der Waals surface area contributed by atoms with E-state index in [1.165, 1.54) is 17.0 Å². The van der Waals surface area contributed by atoms with Crippen LogP contribution in [-0.2, 0) is 9.59 Å². The highest BCUT2D eigenvalue weighted by Crippen LogP contribution is 2.29. The van der Waals surface area contributed by atoms with Gasteiger partial charge in [0.15, 0.2) is 6.04 Å². The molecule has 2 aromatic carbocycles. The van der Waals surface area contributed by atoms with E-state index in [1.807, 2.05) is 0 Å². The lowest BCUT2D eigenvalue weighted by molar-refractivity contribution is -0.915. The maximum atomic E-state index is 13.1. The van der Waals surface area contributed by atoms with E-state index in [0.717, 1.165) is 36.8 Å². The molecule has 0 aromatic heterocycles. The Morgan fingerprint density at radius 2 is 1.54 bits per heavy atom. The molecule has 0 unspecified atom stereocenters. The van der Waals surface area contributed by atoms with Crippen molar-refractivity contribution in [3.05, 3.63) is 58.3 Å². The highest BCUT2D eigenvalue weighted by Gasteiger charge is 2.46. The van der Waals surface area contributed by atoms with Crippen LogP contribution in [0.1, 0.15) is 6.42 Å². The van der Waals surface area contributed by atoms with Gasteiger partial charge in [-0.25, -0.2) is 9.29 Å². The molecule has 2 aliphatic heterocycles. The number of carbonyl (C=O) groups excluding carboxylic acids is 2. The highest BCUT2D eigenvalue weighted by molar-refractivity contribution is 6.35. The predicted molar refractivity (Wildman–Crippen MR) is 107 cm³/mol. The van der Waals surface area contributed by atoms with Crippen LogP contribution in [0.3, 0.4) is 0 Å². The zero-order chi connectivity index (χ0) is 19.8. The van der Waals surface area contributed by atoms with Gasteiger partial charge in [0.1, 0.15) is 5.82 Å². The Morgan fingerprint density at radius 1 is 0.929 bits per heavy atom. The lowest BCUT2D eigenvalue weighted by Gasteiger charge is -2.35. The molecule has 0 saturated carbocycles. The topological polar surface area (TPSA) is 45.1 Å². The van der Waals surface area contributed by atoms with Crippen molar-refractivity contribution in [1.29, 1.82) is 0 Å². The van der Waals surface area contributed by atoms with Gasteiger partial charge in [0.2, 0.25) is 5.91 Å². The number of amides is 2. The average molecular weight is 423 g/mol. The second-order valence-electron chi connectivity index (χ2n) is 7.07. The van der Waals surface area contributed by atoms with Gasteiger partial charge in [0.05, 0.1) is 38.3 Å². The predicted octanol–water partition coefficient (Wildman–Crippen LogP) is 2.17. The molecule has 2 aliphatic rings. The van der Waals surface area contributed by atoms with Gasteiger partial charge in [-0.3, -0.25) is 9.59 Å². The van der Waals surface area contributed by atoms with E-state index in [-0.39, 0.29) is 24.1 Å². The van der Waals surface area contributed by atoms with Crippen LogP contribution in [-0.4, -0.2) is 44.0 Å². The highest BCUT2D eigenvalue weighted by atomic mass is 35.5. The van der Waals surface area contributed by atoms with Crippen LogP contribution in [0.5, 0.6) is 0 Å². The van der Waals surface area contributed by atoms with E-state index in [0.29, 0.717) is 15.7 Å². The molecule has 1 atom stereocenters. The summed E-state index contributed by atoms with van der Waals surface area (Å²) in [6.07, 6.45) is 0.175. The monoisotopic (exact) mass is 422 g/mol. The molecule has 2 saturated heterocycles. The van der Waals surface area contributed by atoms with Crippen LogP contribution in [0.25, 0.3) is 0 Å². The molecule has 4 rings (SSSR count). The number of imide groups is 1. The maximum Gasteiger partial charge on any atom is 0.292 e. The third-order valence-electron chi connectivity index (χ3n) is 5.34. The third kappa shape index (κ3) is 3.72. The van der Waals surface area contributed by atoms with Crippen molar-refractivity contribution in [3.63, 3.8) is 0 Å². The first kappa shape index (κ1) is 19.2. The summed E-state index contributed by atoms with van der Waals surface area (Å²) >= 11 is 12.1. The van der Waals surface area contributed by atoms with Crippen molar-refractivity contribution in [1.82, 2.24) is 0 Å². The molecule has 0 radical (unpaired) electrons. The molecule has 8 heteroatoms. The number of anilines is 2. The first-order valence-corrected chi connectivity index (χ1v) is 9.86. The smallest absolute Gasteiger partial charge is 0.292 e. The number of nitrogens with zero attached hydrogens (tertiary/aromatic N) is 2. The van der Waals surface area contributed by atoms with Crippen LogP contribution >= 0.6 is 23.2 Å². The lowest BCUT2D eigenvalue weighted by atomic mass is 10.1. The number of hydrogen-bond donors (Lipinski definition) is 1. The van der Waals surface area contributed by atoms with Crippen molar-refractivity contribution in [2.45, 2.75) is 12.5 Å². The summed E-state index contributed by atoms with van der Waals surface area (Å²) < 4.78 is 13.1. The zero-order valence-electron chi connectivity index (χ0n) is 15.0. The molecule has 2 fully saturated rings. The Kier molecular flexibility index (Phi) is 5.27. The average Bonchev–Trinajstić information content (AvgIpc) is 2.96. The molecule has 28 heavy (non-hydrogen) atoms. The number of nitrogens with one attached hydrogen (secondary N) is 1. The quantitative estimate of drug-likeness (QED) is 0.770. The lowest BCUT2D eigenvalue weighted by Crippen LogP contribution is -3.19. The summed E-state index contributed by atoms with van der Waals surface area (Å²) in [6, 6.07) is 10.7. The normalized spacial score (nSPS) is 20.9. The Balaban J connectivity index is 1.45. The van der Waals surface area contributed by atoms with Crippen molar-refractivity contribution < 1.29 is 18.9 Å². The van der Waals surface area contributed by atoms with Crippen molar-refractivity contribution in [3.8, 4) is 0 Å². The van der Waals surface area contributed by atoms with E-state index in [9.17, 15) is 14.0 Å². The second-order valence-corrected chi connectivity index (χ2v) is 7.95. The van der Waals surface area contributed by atoms with Gasteiger partial charge in [-0.1, -0.05) is 23.2 Å². The molecule has 0 spiro atoms. The summed E-state index contributed by atoms with van der Waals surface area (Å²) in [6.45, 7) is 2.93. The largest absolute Gasteiger partial charge is 0.360 e. The Morgan fingerprint density at radius 3 is 2.14 bits per heavy atom. The number of carbonyl (C=O) groups is 2. The van der Waals surface area contributed by atoms with Crippen LogP contribution in [0.15, 0.2) is 42.5 Å². The summed E-state index contributed by atoms with van der Waals surface area (Å²) in [4.78, 5) is 30.0.